The van der Waals surface area contributed by atoms with Gasteiger partial charge in [0.1, 0.15) is 0 Å². The molecule has 6 aromatic rings. The molecule has 44 heavy (non-hydrogen) atoms. The average Bonchev–Trinajstić information content (AvgIpc) is 3.08. The summed E-state index contributed by atoms with van der Waals surface area (Å²) >= 11 is 20.1. The van der Waals surface area contributed by atoms with Crippen molar-refractivity contribution in [2.75, 3.05) is 0 Å². The van der Waals surface area contributed by atoms with Crippen molar-refractivity contribution < 1.29 is 12.1 Å². The Labute approximate surface area is 279 Å². The van der Waals surface area contributed by atoms with Crippen LogP contribution in [0.3, 0.4) is 0 Å². The van der Waals surface area contributed by atoms with Crippen molar-refractivity contribution in [2.24, 2.45) is 0 Å². The normalized spacial score (nSPS) is 13.1. The van der Waals surface area contributed by atoms with Gasteiger partial charge in [0.2, 0.25) is 0 Å². The Morgan fingerprint density at radius 1 is 0.341 bits per heavy atom. The molecular weight excluding hydrogens is 683 g/mol. The maximum atomic E-state index is 6.99. The second-order valence-electron chi connectivity index (χ2n) is 10.3. The third-order valence-electron chi connectivity index (χ3n) is 7.63. The zero-order valence-electron chi connectivity index (χ0n) is 23.8. The molecule has 0 atom stereocenters. The van der Waals surface area contributed by atoms with Gasteiger partial charge in [-0.1, -0.05) is 0 Å². The molecule has 6 heteroatoms. The van der Waals surface area contributed by atoms with Crippen LogP contribution in [0.4, 0.5) is 0 Å². The van der Waals surface area contributed by atoms with Crippen LogP contribution < -0.4 is 31.8 Å². The van der Waals surface area contributed by atoms with Crippen molar-refractivity contribution in [3.05, 3.63) is 182 Å². The van der Waals surface area contributed by atoms with Gasteiger partial charge in [0.25, 0.3) is 0 Å². The summed E-state index contributed by atoms with van der Waals surface area (Å²) in [6.07, 6.45) is 0. The Bertz CT molecular complexity index is 1490. The first-order chi connectivity index (χ1) is 21.5. The summed E-state index contributed by atoms with van der Waals surface area (Å²) in [5, 5.41) is 7.74. The topological polar surface area (TPSA) is 0 Å². The van der Waals surface area contributed by atoms with E-state index in [-0.39, 0.29) is 0 Å². The van der Waals surface area contributed by atoms with Gasteiger partial charge in [-0.25, -0.2) is 0 Å². The van der Waals surface area contributed by atoms with E-state index in [9.17, 15) is 0 Å². The molecule has 6 rings (SSSR count). The van der Waals surface area contributed by atoms with E-state index in [1.165, 1.54) is 31.8 Å². The van der Waals surface area contributed by atoms with Crippen LogP contribution in [0.1, 0.15) is 0 Å². The Morgan fingerprint density at radius 3 is 0.682 bits per heavy atom. The van der Waals surface area contributed by atoms with Crippen LogP contribution in [0.15, 0.2) is 182 Å². The summed E-state index contributed by atoms with van der Waals surface area (Å²) in [6.45, 7) is 0. The first kappa shape index (κ1) is 31.4. The molecule has 0 nitrogen and oxygen atoms in total. The number of halogens is 3. The van der Waals surface area contributed by atoms with Gasteiger partial charge in [0.05, 0.1) is 0 Å². The summed E-state index contributed by atoms with van der Waals surface area (Å²) < 4.78 is -1.61. The van der Waals surface area contributed by atoms with Crippen molar-refractivity contribution in [1.82, 2.24) is 0 Å². The third kappa shape index (κ3) is 6.00. The molecule has 0 aliphatic rings. The van der Waals surface area contributed by atoms with Crippen LogP contribution in [0.25, 0.3) is 0 Å². The van der Waals surface area contributed by atoms with E-state index >= 15 is 0 Å². The predicted octanol–water partition coefficient (Wildman–Crippen LogP) is 8.06. The second-order valence-corrected chi connectivity index (χ2v) is 28.3. The molecule has 0 unspecified atom stereocenters. The molecule has 0 aromatic heterocycles. The van der Waals surface area contributed by atoms with Gasteiger partial charge in [0.15, 0.2) is 0 Å². The van der Waals surface area contributed by atoms with Crippen molar-refractivity contribution in [1.29, 1.82) is 0 Å². The van der Waals surface area contributed by atoms with Crippen LogP contribution in [0, 0.1) is 0 Å². The zero-order chi connectivity index (χ0) is 30.5. The van der Waals surface area contributed by atoms with E-state index in [0.29, 0.717) is 0 Å². The number of hydrogen-bond acceptors (Lipinski definition) is 0. The molecule has 0 bridgehead atoms. The van der Waals surface area contributed by atoms with Crippen LogP contribution in [-0.4, -0.2) is 8.79 Å². The molecule has 0 amide bonds. The standard InChI is InChI=1S/2C18H15P.C2HCl3.Ni/c2*1-4-10-16(11-5-1)19(17-12-6-2-7-13-17)18-14-8-3-9-15-18;1-2(3,4)5;/h2*1-15H;1H;/q;;;-2/p+2. The van der Waals surface area contributed by atoms with E-state index in [0.717, 1.165) is 0 Å². The van der Waals surface area contributed by atoms with Crippen LogP contribution in [0.2, 0.25) is 0 Å². The predicted molar refractivity (Wildman–Crippen MR) is 199 cm³/mol. The van der Waals surface area contributed by atoms with E-state index in [1.807, 2.05) is 0 Å². The zero-order valence-corrected chi connectivity index (χ0v) is 29.1. The van der Waals surface area contributed by atoms with Gasteiger partial charge in [0, 0.05) is 0 Å². The molecule has 0 radical (unpaired) electrons. The molecule has 226 valence electrons. The molecular formula is C38H33Cl3NiP2. The fourth-order valence-electron chi connectivity index (χ4n) is 5.95. The Morgan fingerprint density at radius 2 is 0.523 bits per heavy atom. The fraction of sp³-hybridized carbons (Fsp3) is 0.0263. The molecule has 0 saturated carbocycles. The van der Waals surface area contributed by atoms with Gasteiger partial charge in [-0.3, -0.25) is 0 Å². The first-order valence-electron chi connectivity index (χ1n) is 14.3. The molecule has 0 heterocycles. The summed E-state index contributed by atoms with van der Waals surface area (Å²) in [6, 6.07) is 59.8. The van der Waals surface area contributed by atoms with Gasteiger partial charge < -0.3 is 0 Å². The van der Waals surface area contributed by atoms with E-state index in [2.05, 4.69) is 187 Å². The van der Waals surface area contributed by atoms with E-state index in [4.69, 9.17) is 34.8 Å². The van der Waals surface area contributed by atoms with Gasteiger partial charge in [-0.05, 0) is 0 Å². The van der Waals surface area contributed by atoms with Gasteiger partial charge >= 0.3 is 282 Å². The Kier molecular flexibility index (Phi) is 9.86. The third-order valence-corrected chi connectivity index (χ3v) is 33.2. The molecule has 6 aromatic carbocycles. The van der Waals surface area contributed by atoms with Crippen molar-refractivity contribution >= 4 is 83.7 Å². The molecule has 0 aliphatic carbocycles. The molecule has 0 aliphatic heterocycles. The van der Waals surface area contributed by atoms with Gasteiger partial charge in [-0.15, -0.1) is 0 Å². The second kappa shape index (κ2) is 13.8. The number of hydrogen-bond donors (Lipinski definition) is 0. The summed E-state index contributed by atoms with van der Waals surface area (Å²) in [7, 11) is 0. The molecule has 0 fully saturated rings. The fourth-order valence-corrected chi connectivity index (χ4v) is 39.9. The summed E-state index contributed by atoms with van der Waals surface area (Å²) in [5.74, 6) is 0. The maximum absolute atomic E-state index is 6.99. The number of benzene rings is 6. The Balaban J connectivity index is 1.93. The van der Waals surface area contributed by atoms with E-state index in [1.54, 1.807) is 0 Å². The number of alkyl halides is 3. The summed E-state index contributed by atoms with van der Waals surface area (Å²) in [5.41, 5.74) is 0. The van der Waals surface area contributed by atoms with E-state index < -0.39 is 28.0 Å². The van der Waals surface area contributed by atoms with Crippen molar-refractivity contribution in [3.8, 4) is 0 Å². The van der Waals surface area contributed by atoms with Crippen molar-refractivity contribution in [3.63, 3.8) is 0 Å². The van der Waals surface area contributed by atoms with Crippen LogP contribution in [0.5, 0.6) is 0 Å². The summed E-state index contributed by atoms with van der Waals surface area (Å²) in [4.78, 5) is 2.11. The molecule has 0 spiro atoms. The van der Waals surface area contributed by atoms with Crippen molar-refractivity contribution in [2.45, 2.75) is 3.79 Å². The van der Waals surface area contributed by atoms with Gasteiger partial charge in [-0.2, -0.15) is 0 Å². The Hall–Kier alpha value is -2.59. The quantitative estimate of drug-likeness (QED) is 0.0850. The first-order valence-corrected chi connectivity index (χ1v) is 22.6. The van der Waals surface area contributed by atoms with Crippen LogP contribution in [-0.2, 0) is 12.1 Å². The SMILES string of the molecule is ClC(Cl)(Cl)[CH]=[Ni]([PH](c1ccccc1)(c1ccccc1)c1ccccc1)[PH](c1ccccc1)(c1ccccc1)c1ccccc1. The molecule has 0 N–H and O–H groups in total. The van der Waals surface area contributed by atoms with Crippen LogP contribution >= 0.6 is 46.9 Å². The minimum atomic E-state index is -3.05. The monoisotopic (exact) mass is 714 g/mol. The average molecular weight is 717 g/mol. The molecule has 0 saturated heterocycles. The number of rotatable bonds is 8. The minimum absolute atomic E-state index is 0.864.